The van der Waals surface area contributed by atoms with Crippen molar-refractivity contribution < 1.29 is 19.2 Å². The van der Waals surface area contributed by atoms with Crippen LogP contribution < -0.4 is 10.2 Å². The topological polar surface area (TPSA) is 120 Å². The zero-order valence-corrected chi connectivity index (χ0v) is 17.1. The first kappa shape index (κ1) is 20.1. The van der Waals surface area contributed by atoms with E-state index in [9.17, 15) is 19.7 Å². The Morgan fingerprint density at radius 3 is 2.78 bits per heavy atom. The molecule has 5 rings (SSSR count). The number of hydrogen-bond donors (Lipinski definition) is 1. The first-order valence-electron chi connectivity index (χ1n) is 10.5. The van der Waals surface area contributed by atoms with Crippen LogP contribution in [0.25, 0.3) is 11.0 Å². The fourth-order valence-corrected chi connectivity index (χ4v) is 4.38. The van der Waals surface area contributed by atoms with Gasteiger partial charge in [0.25, 0.3) is 11.6 Å². The van der Waals surface area contributed by atoms with Gasteiger partial charge in [-0.1, -0.05) is 24.3 Å². The highest BCUT2D eigenvalue weighted by molar-refractivity contribution is 6.05. The minimum atomic E-state index is -0.790. The van der Waals surface area contributed by atoms with E-state index in [1.54, 1.807) is 15.5 Å². The van der Waals surface area contributed by atoms with Gasteiger partial charge in [0.1, 0.15) is 11.7 Å². The van der Waals surface area contributed by atoms with E-state index < -0.39 is 16.9 Å². The molecule has 3 heterocycles. The van der Waals surface area contributed by atoms with Crippen LogP contribution in [0.2, 0.25) is 0 Å². The first-order valence-corrected chi connectivity index (χ1v) is 10.5. The molecule has 1 fully saturated rings. The zero-order chi connectivity index (χ0) is 22.2. The summed E-state index contributed by atoms with van der Waals surface area (Å²) >= 11 is 0. The number of carbonyl (C=O) groups excluding carboxylic acids is 2. The Hall–Kier alpha value is -3.79. The summed E-state index contributed by atoms with van der Waals surface area (Å²) in [6, 6.07) is 12.6. The van der Waals surface area contributed by atoms with Crippen molar-refractivity contribution in [3.05, 3.63) is 58.6 Å². The molecule has 10 nitrogen and oxygen atoms in total. The van der Waals surface area contributed by atoms with Crippen LogP contribution in [0.5, 0.6) is 0 Å². The van der Waals surface area contributed by atoms with Gasteiger partial charge in [-0.15, -0.1) is 0 Å². The maximum atomic E-state index is 13.3. The predicted molar refractivity (Wildman–Crippen MR) is 116 cm³/mol. The number of nitrogens with one attached hydrogen (secondary N) is 1. The smallest absolute Gasteiger partial charge is 0.292 e. The second-order valence-electron chi connectivity index (χ2n) is 7.90. The number of imidazole rings is 1. The molecule has 0 saturated carbocycles. The van der Waals surface area contributed by atoms with Crippen molar-refractivity contribution in [3.63, 3.8) is 0 Å². The molecule has 0 aliphatic carbocycles. The number of amides is 2. The zero-order valence-electron chi connectivity index (χ0n) is 17.1. The number of nitrogens with zero attached hydrogens (tertiary/aromatic N) is 4. The molecule has 32 heavy (non-hydrogen) atoms. The molecule has 2 atom stereocenters. The minimum absolute atomic E-state index is 0.0632. The highest BCUT2D eigenvalue weighted by atomic mass is 16.6. The molecule has 1 saturated heterocycles. The molecule has 0 spiro atoms. The molecule has 0 bridgehead atoms. The summed E-state index contributed by atoms with van der Waals surface area (Å²) in [5, 5.41) is 13.8. The molecule has 0 unspecified atom stereocenters. The average Bonchev–Trinajstić information content (AvgIpc) is 3.48. The quantitative estimate of drug-likeness (QED) is 0.469. The Morgan fingerprint density at radius 1 is 1.22 bits per heavy atom. The maximum Gasteiger partial charge on any atom is 0.292 e. The fourth-order valence-electron chi connectivity index (χ4n) is 4.38. The van der Waals surface area contributed by atoms with Crippen LogP contribution >= 0.6 is 0 Å². The normalized spacial score (nSPS) is 20.0. The van der Waals surface area contributed by atoms with Gasteiger partial charge in [0, 0.05) is 12.7 Å². The van der Waals surface area contributed by atoms with Gasteiger partial charge >= 0.3 is 0 Å². The molecule has 2 aliphatic heterocycles. The molecule has 2 aromatic carbocycles. The van der Waals surface area contributed by atoms with Crippen LogP contribution in [0.15, 0.2) is 48.5 Å². The highest BCUT2D eigenvalue weighted by Crippen LogP contribution is 2.37. The van der Waals surface area contributed by atoms with E-state index in [1.807, 2.05) is 24.3 Å². The molecule has 1 aromatic heterocycles. The third-order valence-corrected chi connectivity index (χ3v) is 5.85. The van der Waals surface area contributed by atoms with Gasteiger partial charge in [-0.05, 0) is 31.0 Å². The summed E-state index contributed by atoms with van der Waals surface area (Å²) in [5.74, 6) is -0.220. The number of nitro benzene ring substituents is 1. The largest absolute Gasteiger partial charge is 0.376 e. The number of benzene rings is 2. The number of para-hydroxylation sites is 4. The molecule has 164 valence electrons. The van der Waals surface area contributed by atoms with E-state index in [4.69, 9.17) is 4.74 Å². The van der Waals surface area contributed by atoms with Crippen molar-refractivity contribution in [3.8, 4) is 0 Å². The summed E-state index contributed by atoms with van der Waals surface area (Å²) in [7, 11) is 0. The second kappa shape index (κ2) is 8.04. The molecule has 10 heteroatoms. The van der Waals surface area contributed by atoms with Gasteiger partial charge in [-0.3, -0.25) is 29.2 Å². The number of nitro groups is 1. The van der Waals surface area contributed by atoms with Crippen molar-refractivity contribution in [2.45, 2.75) is 31.4 Å². The van der Waals surface area contributed by atoms with Gasteiger partial charge in [-0.2, -0.15) is 0 Å². The fraction of sp³-hybridized carbons (Fsp3) is 0.318. The standard InChI is InChI=1S/C22H21N5O5/c28-20(23-16-8-2-4-10-18(16)27(30)31)12-19-21(29)25(13-14-6-5-11-32-14)22-24-15-7-1-3-9-17(15)26(19)22/h1-4,7-10,14,19H,5-6,11-13H2,(H,23,28)/t14-,19+/m0/s1. The lowest BCUT2D eigenvalue weighted by molar-refractivity contribution is -0.383. The lowest BCUT2D eigenvalue weighted by atomic mass is 10.1. The molecular formula is C22H21N5O5. The van der Waals surface area contributed by atoms with E-state index >= 15 is 0 Å². The summed E-state index contributed by atoms with van der Waals surface area (Å²) in [6.07, 6.45) is 1.59. The van der Waals surface area contributed by atoms with Gasteiger partial charge < -0.3 is 10.1 Å². The summed E-state index contributed by atoms with van der Waals surface area (Å²) < 4.78 is 7.49. The Balaban J connectivity index is 1.44. The van der Waals surface area contributed by atoms with Crippen LogP contribution in [-0.4, -0.2) is 45.5 Å². The van der Waals surface area contributed by atoms with Crippen LogP contribution in [0.3, 0.4) is 0 Å². The third kappa shape index (κ3) is 3.48. The van der Waals surface area contributed by atoms with Crippen molar-refractivity contribution in [2.24, 2.45) is 0 Å². The number of rotatable bonds is 6. The first-order chi connectivity index (χ1) is 15.5. The van der Waals surface area contributed by atoms with E-state index in [0.29, 0.717) is 19.1 Å². The SMILES string of the molecule is O=C(C[C@@H]1C(=O)N(C[C@@H]2CCCO2)c2nc3ccccc3n21)Nc1ccccc1[N+](=O)[O-]. The number of fused-ring (bicyclic) bond motifs is 3. The molecule has 3 aromatic rings. The van der Waals surface area contributed by atoms with Gasteiger partial charge in [0.15, 0.2) is 0 Å². The van der Waals surface area contributed by atoms with Crippen LogP contribution in [0.4, 0.5) is 17.3 Å². The summed E-state index contributed by atoms with van der Waals surface area (Å²) in [5.41, 5.74) is 1.39. The second-order valence-corrected chi connectivity index (χ2v) is 7.90. The predicted octanol–water partition coefficient (Wildman–Crippen LogP) is 3.04. The van der Waals surface area contributed by atoms with Crippen LogP contribution in [-0.2, 0) is 14.3 Å². The molecule has 2 amide bonds. The lowest BCUT2D eigenvalue weighted by Crippen LogP contribution is -2.37. The monoisotopic (exact) mass is 435 g/mol. The lowest BCUT2D eigenvalue weighted by Gasteiger charge is -2.19. The number of hydrogen-bond acceptors (Lipinski definition) is 6. The molecular weight excluding hydrogens is 414 g/mol. The summed E-state index contributed by atoms with van der Waals surface area (Å²) in [4.78, 5) is 43.1. The van der Waals surface area contributed by atoms with Gasteiger partial charge in [-0.25, -0.2) is 4.98 Å². The van der Waals surface area contributed by atoms with Gasteiger partial charge in [0.2, 0.25) is 11.9 Å². The maximum absolute atomic E-state index is 13.3. The van der Waals surface area contributed by atoms with Crippen molar-refractivity contribution in [1.29, 1.82) is 0 Å². The Morgan fingerprint density at radius 2 is 2.00 bits per heavy atom. The van der Waals surface area contributed by atoms with Crippen molar-refractivity contribution in [1.82, 2.24) is 9.55 Å². The van der Waals surface area contributed by atoms with E-state index in [1.165, 1.54) is 18.2 Å². The third-order valence-electron chi connectivity index (χ3n) is 5.85. The Bertz CT molecular complexity index is 1220. The molecule has 2 aliphatic rings. The number of ether oxygens (including phenoxy) is 1. The highest BCUT2D eigenvalue weighted by Gasteiger charge is 2.42. The molecule has 1 N–H and O–H groups in total. The van der Waals surface area contributed by atoms with Crippen LogP contribution in [0, 0.1) is 10.1 Å². The van der Waals surface area contributed by atoms with E-state index in [0.717, 1.165) is 23.9 Å². The Labute approximate surface area is 182 Å². The van der Waals surface area contributed by atoms with E-state index in [-0.39, 0.29) is 29.8 Å². The average molecular weight is 435 g/mol. The van der Waals surface area contributed by atoms with Crippen molar-refractivity contribution >= 4 is 40.2 Å². The Kier molecular flexibility index (Phi) is 5.06. The van der Waals surface area contributed by atoms with E-state index in [2.05, 4.69) is 10.3 Å². The molecule has 0 radical (unpaired) electrons. The number of anilines is 2. The minimum Gasteiger partial charge on any atom is -0.376 e. The number of aromatic nitrogens is 2. The summed E-state index contributed by atoms with van der Waals surface area (Å²) in [6.45, 7) is 1.05. The van der Waals surface area contributed by atoms with Gasteiger partial charge in [0.05, 0.1) is 35.0 Å². The number of carbonyl (C=O) groups is 2. The van der Waals surface area contributed by atoms with Crippen LogP contribution in [0.1, 0.15) is 25.3 Å². The van der Waals surface area contributed by atoms with Crippen molar-refractivity contribution in [2.75, 3.05) is 23.4 Å².